The Labute approximate surface area is 194 Å². The molecule has 1 fully saturated rings. The van der Waals surface area contributed by atoms with Crippen LogP contribution in [-0.4, -0.2) is 51.6 Å². The maximum Gasteiger partial charge on any atom is 0.228 e. The topological polar surface area (TPSA) is 117 Å². The molecular weight excluding hydrogens is 439 g/mol. The SMILES string of the molecule is COCCOc1cc(F)ccc1-c1[nH]ncc1-c1ccc2ncc(C(=N)NC(=O)C3CC3)n2c1. The zero-order valence-corrected chi connectivity index (χ0v) is 18.5. The molecule has 5 rings (SSSR count). The van der Waals surface area contributed by atoms with Gasteiger partial charge in [0.05, 0.1) is 24.7 Å². The second-order valence-electron chi connectivity index (χ2n) is 8.07. The summed E-state index contributed by atoms with van der Waals surface area (Å²) in [5.41, 5.74) is 3.98. The molecule has 1 amide bonds. The first-order valence-corrected chi connectivity index (χ1v) is 10.9. The standard InChI is InChI=1S/C24H23FN6O3/c1-33-8-9-34-20-10-16(25)5-6-17(20)22-18(11-28-30-22)15-4-7-21-27-12-19(31(21)13-15)23(26)29-24(32)14-2-3-14/h4-7,10-14H,2-3,8-9H2,1H3,(H,28,30)(H2,26,29,32). The van der Waals surface area contributed by atoms with Crippen molar-refractivity contribution < 1.29 is 18.7 Å². The van der Waals surface area contributed by atoms with E-state index in [0.29, 0.717) is 35.0 Å². The van der Waals surface area contributed by atoms with E-state index in [-0.39, 0.29) is 24.3 Å². The van der Waals surface area contributed by atoms with E-state index in [1.807, 2.05) is 18.3 Å². The Hall–Kier alpha value is -4.05. The van der Waals surface area contributed by atoms with Crippen LogP contribution in [0.4, 0.5) is 4.39 Å². The van der Waals surface area contributed by atoms with E-state index in [1.165, 1.54) is 12.1 Å². The van der Waals surface area contributed by atoms with Crippen molar-refractivity contribution in [1.82, 2.24) is 24.9 Å². The Morgan fingerprint density at radius 3 is 2.88 bits per heavy atom. The van der Waals surface area contributed by atoms with Crippen LogP contribution in [0, 0.1) is 17.1 Å². The van der Waals surface area contributed by atoms with Crippen molar-refractivity contribution in [2.24, 2.45) is 5.92 Å². The minimum absolute atomic E-state index is 0.000372. The summed E-state index contributed by atoms with van der Waals surface area (Å²) in [5.74, 6) is -0.170. The van der Waals surface area contributed by atoms with Crippen LogP contribution < -0.4 is 10.1 Å². The number of halogens is 1. The molecule has 1 aliphatic carbocycles. The zero-order valence-electron chi connectivity index (χ0n) is 18.5. The molecular formula is C24H23FN6O3. The van der Waals surface area contributed by atoms with Gasteiger partial charge in [-0.15, -0.1) is 0 Å². The first kappa shape index (κ1) is 21.8. The molecule has 0 unspecified atom stereocenters. The highest BCUT2D eigenvalue weighted by Crippen LogP contribution is 2.36. The second-order valence-corrected chi connectivity index (χ2v) is 8.07. The highest BCUT2D eigenvalue weighted by Gasteiger charge is 2.30. The summed E-state index contributed by atoms with van der Waals surface area (Å²) in [6.45, 7) is 0.643. The van der Waals surface area contributed by atoms with Crippen molar-refractivity contribution in [3.05, 3.63) is 60.4 Å². The number of nitrogens with zero attached hydrogens (tertiary/aromatic N) is 3. The van der Waals surface area contributed by atoms with Gasteiger partial charge in [-0.05, 0) is 37.1 Å². The Balaban J connectivity index is 1.50. The lowest BCUT2D eigenvalue weighted by Crippen LogP contribution is -2.32. The van der Waals surface area contributed by atoms with E-state index < -0.39 is 5.82 Å². The van der Waals surface area contributed by atoms with Crippen LogP contribution in [0.25, 0.3) is 28.0 Å². The van der Waals surface area contributed by atoms with Gasteiger partial charge in [0.15, 0.2) is 5.84 Å². The number of pyridine rings is 1. The molecule has 0 spiro atoms. The number of imidazole rings is 1. The van der Waals surface area contributed by atoms with Gasteiger partial charge in [-0.2, -0.15) is 5.10 Å². The van der Waals surface area contributed by atoms with E-state index >= 15 is 0 Å². The predicted octanol–water partition coefficient (Wildman–Crippen LogP) is 3.41. The van der Waals surface area contributed by atoms with E-state index in [9.17, 15) is 9.18 Å². The number of methoxy groups -OCH3 is 1. The molecule has 0 atom stereocenters. The predicted molar refractivity (Wildman–Crippen MR) is 123 cm³/mol. The third-order valence-corrected chi connectivity index (χ3v) is 5.67. The summed E-state index contributed by atoms with van der Waals surface area (Å²) in [6.07, 6.45) is 6.79. The van der Waals surface area contributed by atoms with E-state index in [4.69, 9.17) is 14.9 Å². The summed E-state index contributed by atoms with van der Waals surface area (Å²) in [7, 11) is 1.57. The number of amidine groups is 1. The first-order chi connectivity index (χ1) is 16.5. The fourth-order valence-corrected chi connectivity index (χ4v) is 3.73. The van der Waals surface area contributed by atoms with E-state index in [2.05, 4.69) is 20.5 Å². The summed E-state index contributed by atoms with van der Waals surface area (Å²) in [5, 5.41) is 18.2. The van der Waals surface area contributed by atoms with Crippen molar-refractivity contribution in [3.8, 4) is 28.1 Å². The number of aromatic nitrogens is 4. The van der Waals surface area contributed by atoms with Crippen LogP contribution in [0.2, 0.25) is 0 Å². The lowest BCUT2D eigenvalue weighted by atomic mass is 10.0. The molecule has 1 saturated carbocycles. The molecule has 1 aliphatic rings. The Kier molecular flexibility index (Phi) is 5.81. The molecule has 9 nitrogen and oxygen atoms in total. The minimum atomic E-state index is -0.409. The van der Waals surface area contributed by atoms with Crippen molar-refractivity contribution in [2.45, 2.75) is 12.8 Å². The second kappa shape index (κ2) is 9.06. The molecule has 10 heteroatoms. The Bertz CT molecular complexity index is 1370. The molecule has 0 aliphatic heterocycles. The van der Waals surface area contributed by atoms with Gasteiger partial charge < -0.3 is 14.8 Å². The molecule has 0 saturated heterocycles. The van der Waals surface area contributed by atoms with Crippen LogP contribution >= 0.6 is 0 Å². The number of carbonyl (C=O) groups is 1. The number of rotatable bonds is 8. The van der Waals surface area contributed by atoms with Crippen LogP contribution in [0.15, 0.2) is 48.9 Å². The zero-order chi connectivity index (χ0) is 23.7. The normalized spacial score (nSPS) is 13.2. The van der Waals surface area contributed by atoms with E-state index in [0.717, 1.165) is 24.0 Å². The van der Waals surface area contributed by atoms with Crippen LogP contribution in [-0.2, 0) is 9.53 Å². The third kappa shape index (κ3) is 4.27. The molecule has 4 aromatic rings. The maximum absolute atomic E-state index is 13.9. The Morgan fingerprint density at radius 1 is 1.24 bits per heavy atom. The monoisotopic (exact) mass is 462 g/mol. The van der Waals surface area contributed by atoms with Crippen LogP contribution in [0.5, 0.6) is 5.75 Å². The number of aromatic amines is 1. The molecule has 3 aromatic heterocycles. The summed E-state index contributed by atoms with van der Waals surface area (Å²) in [6, 6.07) is 8.05. The number of ether oxygens (including phenoxy) is 2. The van der Waals surface area contributed by atoms with Crippen LogP contribution in [0.3, 0.4) is 0 Å². The first-order valence-electron chi connectivity index (χ1n) is 10.9. The van der Waals surface area contributed by atoms with Gasteiger partial charge in [-0.25, -0.2) is 9.37 Å². The van der Waals surface area contributed by atoms with Gasteiger partial charge in [0.25, 0.3) is 0 Å². The van der Waals surface area contributed by atoms with Gasteiger partial charge >= 0.3 is 0 Å². The average molecular weight is 462 g/mol. The number of hydrogen-bond acceptors (Lipinski definition) is 6. The Morgan fingerprint density at radius 2 is 2.09 bits per heavy atom. The molecule has 1 aromatic carbocycles. The lowest BCUT2D eigenvalue weighted by molar-refractivity contribution is -0.120. The molecule has 174 valence electrons. The quantitative estimate of drug-likeness (QED) is 0.211. The largest absolute Gasteiger partial charge is 0.490 e. The highest BCUT2D eigenvalue weighted by atomic mass is 19.1. The third-order valence-electron chi connectivity index (χ3n) is 5.67. The maximum atomic E-state index is 13.9. The number of amides is 1. The van der Waals surface area contributed by atoms with Gasteiger partial charge in [0, 0.05) is 42.0 Å². The van der Waals surface area contributed by atoms with Gasteiger partial charge in [0.2, 0.25) is 5.91 Å². The number of benzene rings is 1. The van der Waals surface area contributed by atoms with Gasteiger partial charge in [-0.1, -0.05) is 0 Å². The summed E-state index contributed by atoms with van der Waals surface area (Å²) >= 11 is 0. The number of nitrogens with one attached hydrogen (secondary N) is 3. The molecule has 34 heavy (non-hydrogen) atoms. The minimum Gasteiger partial charge on any atom is -0.490 e. The van der Waals surface area contributed by atoms with Crippen molar-refractivity contribution >= 4 is 17.4 Å². The fourth-order valence-electron chi connectivity index (χ4n) is 3.73. The van der Waals surface area contributed by atoms with Crippen LogP contribution in [0.1, 0.15) is 18.5 Å². The smallest absolute Gasteiger partial charge is 0.228 e. The van der Waals surface area contributed by atoms with Crippen molar-refractivity contribution in [2.75, 3.05) is 20.3 Å². The molecule has 0 bridgehead atoms. The van der Waals surface area contributed by atoms with E-state index in [1.54, 1.807) is 30.0 Å². The molecule has 0 radical (unpaired) electrons. The highest BCUT2D eigenvalue weighted by molar-refractivity contribution is 6.06. The van der Waals surface area contributed by atoms with Gasteiger partial charge in [-0.3, -0.25) is 19.7 Å². The average Bonchev–Trinajstić information content (AvgIpc) is 3.42. The lowest BCUT2D eigenvalue weighted by Gasteiger charge is -2.12. The molecule has 3 N–H and O–H groups in total. The van der Waals surface area contributed by atoms with Crippen molar-refractivity contribution in [3.63, 3.8) is 0 Å². The van der Waals surface area contributed by atoms with Crippen molar-refractivity contribution in [1.29, 1.82) is 5.41 Å². The number of carbonyl (C=O) groups excluding carboxylic acids is 1. The molecule has 3 heterocycles. The summed E-state index contributed by atoms with van der Waals surface area (Å²) < 4.78 is 26.5. The fraction of sp³-hybridized carbons (Fsp3) is 0.250. The number of fused-ring (bicyclic) bond motifs is 1. The number of H-pyrrole nitrogens is 1. The number of hydrogen-bond donors (Lipinski definition) is 3. The summed E-state index contributed by atoms with van der Waals surface area (Å²) in [4.78, 5) is 16.5. The van der Waals surface area contributed by atoms with Gasteiger partial charge in [0.1, 0.15) is 29.5 Å².